The molecule has 1 N–H and O–H groups in total. The smallest absolute Gasteiger partial charge is 0.295 e. The molecule has 1 heterocycles. The summed E-state index contributed by atoms with van der Waals surface area (Å²) in [6.07, 6.45) is 0.620. The average molecular weight is 379 g/mol. The van der Waals surface area contributed by atoms with Crippen LogP contribution in [0.2, 0.25) is 0 Å². The molecule has 2 aromatic carbocycles. The molecule has 0 bridgehead atoms. The Morgan fingerprint density at radius 3 is 2.39 bits per heavy atom. The van der Waals surface area contributed by atoms with Gasteiger partial charge in [0, 0.05) is 25.3 Å². The number of rotatable bonds is 7. The predicted molar refractivity (Wildman–Crippen MR) is 108 cm³/mol. The molecule has 0 radical (unpaired) electrons. The summed E-state index contributed by atoms with van der Waals surface area (Å²) in [5.74, 6) is -1.37. The zero-order valence-corrected chi connectivity index (χ0v) is 16.2. The van der Waals surface area contributed by atoms with Gasteiger partial charge < -0.3 is 14.7 Å². The van der Waals surface area contributed by atoms with Gasteiger partial charge in [0.1, 0.15) is 5.76 Å². The van der Waals surface area contributed by atoms with E-state index in [1.165, 1.54) is 4.90 Å². The van der Waals surface area contributed by atoms with E-state index in [1.54, 1.807) is 12.1 Å². The van der Waals surface area contributed by atoms with E-state index in [9.17, 15) is 14.7 Å². The number of hydrogen-bond donors (Lipinski definition) is 1. The third-order valence-corrected chi connectivity index (χ3v) is 4.87. The summed E-state index contributed by atoms with van der Waals surface area (Å²) in [7, 11) is 0. The number of likely N-dealkylation sites (tertiary alicyclic amines) is 1. The third-order valence-electron chi connectivity index (χ3n) is 4.87. The summed E-state index contributed by atoms with van der Waals surface area (Å²) in [6, 6.07) is 16.0. The standard InChI is InChI=1S/C23H25NO4/c1-3-28-15-7-14-24-20(17-8-5-4-6-9-17)19(22(26)23(24)27)21(25)18-12-10-16(2)11-13-18/h4-6,8-13,20,25H,3,7,14-15H2,1-2H3. The SMILES string of the molecule is CCOCCCN1C(=O)C(=O)C(=C(O)c2ccc(C)cc2)C1c1ccccc1. The maximum atomic E-state index is 12.8. The molecule has 0 aromatic heterocycles. The van der Waals surface area contributed by atoms with E-state index in [4.69, 9.17) is 4.74 Å². The van der Waals surface area contributed by atoms with Gasteiger partial charge in [-0.15, -0.1) is 0 Å². The first-order chi connectivity index (χ1) is 13.5. The Bertz CT molecular complexity index is 871. The van der Waals surface area contributed by atoms with Crippen LogP contribution < -0.4 is 0 Å². The minimum absolute atomic E-state index is 0.136. The Balaban J connectivity index is 2.03. The topological polar surface area (TPSA) is 66.8 Å². The van der Waals surface area contributed by atoms with E-state index < -0.39 is 17.7 Å². The number of aryl methyl sites for hydroxylation is 1. The molecule has 1 aliphatic heterocycles. The molecule has 0 spiro atoms. The van der Waals surface area contributed by atoms with Gasteiger partial charge in [-0.1, -0.05) is 60.2 Å². The fraction of sp³-hybridized carbons (Fsp3) is 0.304. The maximum Gasteiger partial charge on any atom is 0.295 e. The van der Waals surface area contributed by atoms with Crippen molar-refractivity contribution in [2.24, 2.45) is 0 Å². The molecule has 28 heavy (non-hydrogen) atoms. The van der Waals surface area contributed by atoms with Gasteiger partial charge in [0.25, 0.3) is 11.7 Å². The number of ether oxygens (including phenoxy) is 1. The second kappa shape index (κ2) is 8.85. The monoisotopic (exact) mass is 379 g/mol. The van der Waals surface area contributed by atoms with E-state index in [-0.39, 0.29) is 11.3 Å². The molecular weight excluding hydrogens is 354 g/mol. The zero-order valence-electron chi connectivity index (χ0n) is 16.2. The number of aliphatic hydroxyl groups is 1. The van der Waals surface area contributed by atoms with Crippen LogP contribution in [-0.2, 0) is 14.3 Å². The van der Waals surface area contributed by atoms with Crippen LogP contribution in [0.5, 0.6) is 0 Å². The Labute approximate surface area is 165 Å². The lowest BCUT2D eigenvalue weighted by atomic mass is 9.95. The van der Waals surface area contributed by atoms with Gasteiger partial charge in [-0.2, -0.15) is 0 Å². The molecule has 1 atom stereocenters. The van der Waals surface area contributed by atoms with Crippen LogP contribution in [-0.4, -0.2) is 41.5 Å². The van der Waals surface area contributed by atoms with Crippen molar-refractivity contribution in [1.29, 1.82) is 0 Å². The molecule has 1 unspecified atom stereocenters. The molecule has 1 fully saturated rings. The van der Waals surface area contributed by atoms with E-state index in [1.807, 2.05) is 56.3 Å². The van der Waals surface area contributed by atoms with E-state index >= 15 is 0 Å². The van der Waals surface area contributed by atoms with Gasteiger partial charge in [-0.25, -0.2) is 0 Å². The fourth-order valence-electron chi connectivity index (χ4n) is 3.44. The van der Waals surface area contributed by atoms with Gasteiger partial charge in [0.05, 0.1) is 11.6 Å². The van der Waals surface area contributed by atoms with Crippen molar-refractivity contribution in [3.05, 3.63) is 76.9 Å². The number of carbonyl (C=O) groups is 2. The Morgan fingerprint density at radius 2 is 1.75 bits per heavy atom. The molecule has 5 nitrogen and oxygen atoms in total. The summed E-state index contributed by atoms with van der Waals surface area (Å²) in [4.78, 5) is 27.1. The van der Waals surface area contributed by atoms with Crippen molar-refractivity contribution < 1.29 is 19.4 Å². The first-order valence-electron chi connectivity index (χ1n) is 9.52. The predicted octanol–water partition coefficient (Wildman–Crippen LogP) is 3.84. The first kappa shape index (κ1) is 19.8. The molecule has 1 saturated heterocycles. The highest BCUT2D eigenvalue weighted by molar-refractivity contribution is 6.46. The van der Waals surface area contributed by atoms with Crippen molar-refractivity contribution in [1.82, 2.24) is 4.90 Å². The molecule has 0 saturated carbocycles. The molecule has 3 rings (SSSR count). The average Bonchev–Trinajstić information content (AvgIpc) is 2.97. The summed E-state index contributed by atoms with van der Waals surface area (Å²) >= 11 is 0. The normalized spacial score (nSPS) is 18.6. The lowest BCUT2D eigenvalue weighted by molar-refractivity contribution is -0.140. The van der Waals surface area contributed by atoms with Gasteiger partial charge in [0.2, 0.25) is 0 Å². The molecule has 1 amide bonds. The molecule has 2 aromatic rings. The second-order valence-electron chi connectivity index (χ2n) is 6.82. The summed E-state index contributed by atoms with van der Waals surface area (Å²) < 4.78 is 5.37. The van der Waals surface area contributed by atoms with Crippen molar-refractivity contribution >= 4 is 17.4 Å². The van der Waals surface area contributed by atoms with Crippen LogP contribution in [0.15, 0.2) is 60.2 Å². The van der Waals surface area contributed by atoms with E-state index in [0.717, 1.165) is 11.1 Å². The minimum atomic E-state index is -0.650. The number of aliphatic hydroxyl groups excluding tert-OH is 1. The third kappa shape index (κ3) is 3.99. The van der Waals surface area contributed by atoms with E-state index in [0.29, 0.717) is 31.7 Å². The quantitative estimate of drug-likeness (QED) is 0.343. The lowest BCUT2D eigenvalue weighted by Crippen LogP contribution is -2.31. The zero-order chi connectivity index (χ0) is 20.1. The summed E-state index contributed by atoms with van der Waals surface area (Å²) in [6.45, 7) is 5.37. The fourth-order valence-corrected chi connectivity index (χ4v) is 3.44. The number of ketones is 1. The van der Waals surface area contributed by atoms with Gasteiger partial charge in [0.15, 0.2) is 0 Å². The highest BCUT2D eigenvalue weighted by Crippen LogP contribution is 2.39. The van der Waals surface area contributed by atoms with Crippen LogP contribution in [0.4, 0.5) is 0 Å². The van der Waals surface area contributed by atoms with Crippen molar-refractivity contribution in [3.8, 4) is 0 Å². The number of benzene rings is 2. The Kier molecular flexibility index (Phi) is 6.26. The number of amides is 1. The highest BCUT2D eigenvalue weighted by atomic mass is 16.5. The van der Waals surface area contributed by atoms with Gasteiger partial charge in [-0.3, -0.25) is 9.59 Å². The van der Waals surface area contributed by atoms with Gasteiger partial charge >= 0.3 is 0 Å². The Morgan fingerprint density at radius 1 is 1.07 bits per heavy atom. The number of nitrogens with zero attached hydrogens (tertiary/aromatic N) is 1. The molecular formula is C23H25NO4. The summed E-state index contributed by atoms with van der Waals surface area (Å²) in [5.41, 5.74) is 2.51. The lowest BCUT2D eigenvalue weighted by Gasteiger charge is -2.25. The van der Waals surface area contributed by atoms with Crippen LogP contribution in [0.3, 0.4) is 0 Å². The van der Waals surface area contributed by atoms with Crippen LogP contribution in [0.1, 0.15) is 36.1 Å². The Hall–Kier alpha value is -2.92. The maximum absolute atomic E-state index is 12.8. The van der Waals surface area contributed by atoms with Crippen LogP contribution in [0, 0.1) is 6.92 Å². The second-order valence-corrected chi connectivity index (χ2v) is 6.82. The van der Waals surface area contributed by atoms with Crippen LogP contribution >= 0.6 is 0 Å². The minimum Gasteiger partial charge on any atom is -0.507 e. The van der Waals surface area contributed by atoms with E-state index in [2.05, 4.69) is 0 Å². The molecule has 146 valence electrons. The molecule has 1 aliphatic rings. The van der Waals surface area contributed by atoms with Gasteiger partial charge in [-0.05, 0) is 25.8 Å². The van der Waals surface area contributed by atoms with Crippen molar-refractivity contribution in [3.63, 3.8) is 0 Å². The van der Waals surface area contributed by atoms with Crippen LogP contribution in [0.25, 0.3) is 5.76 Å². The van der Waals surface area contributed by atoms with Crippen molar-refractivity contribution in [2.45, 2.75) is 26.3 Å². The number of Topliss-reactive ketones (excluding diaryl/α,β-unsaturated/α-hetero) is 1. The number of hydrogen-bond acceptors (Lipinski definition) is 4. The number of carbonyl (C=O) groups excluding carboxylic acids is 2. The first-order valence-corrected chi connectivity index (χ1v) is 9.52. The van der Waals surface area contributed by atoms with Crippen molar-refractivity contribution in [2.75, 3.05) is 19.8 Å². The largest absolute Gasteiger partial charge is 0.507 e. The molecule has 0 aliphatic carbocycles. The summed E-state index contributed by atoms with van der Waals surface area (Å²) in [5, 5.41) is 10.9. The molecule has 5 heteroatoms. The highest BCUT2D eigenvalue weighted by Gasteiger charge is 2.45.